The molecule has 0 aliphatic rings. The normalized spacial score (nSPS) is 9.38. The summed E-state index contributed by atoms with van der Waals surface area (Å²) in [5.74, 6) is -0.0573. The molecule has 0 N–H and O–H groups in total. The molecule has 0 aliphatic carbocycles. The lowest BCUT2D eigenvalue weighted by Gasteiger charge is -2.03. The zero-order valence-corrected chi connectivity index (χ0v) is 9.55. The first-order valence-corrected chi connectivity index (χ1v) is 4.85. The van der Waals surface area contributed by atoms with Crippen LogP contribution >= 0.6 is 22.6 Å². The third-order valence-electron chi connectivity index (χ3n) is 1.79. The maximum absolute atomic E-state index is 11.2. The second-order valence-corrected chi connectivity index (χ2v) is 4.06. The average Bonchev–Trinajstić information content (AvgIpc) is 2.02. The molecule has 1 aromatic rings. The summed E-state index contributed by atoms with van der Waals surface area (Å²) < 4.78 is 0.985. The third kappa shape index (κ3) is 2.07. The van der Waals surface area contributed by atoms with Crippen molar-refractivity contribution in [3.05, 3.63) is 32.4 Å². The standard InChI is InChI=1S/C10H8INO/c1-6-3-8(11)4-9(7(2)13)10(6)5-12/h3-4H,1-2H3. The molecule has 2 nitrogen and oxygen atoms in total. The number of benzene rings is 1. The van der Waals surface area contributed by atoms with Crippen LogP contribution in [0.4, 0.5) is 0 Å². The zero-order valence-electron chi connectivity index (χ0n) is 7.39. The topological polar surface area (TPSA) is 40.9 Å². The maximum Gasteiger partial charge on any atom is 0.161 e. The fourth-order valence-electron chi connectivity index (χ4n) is 1.17. The van der Waals surface area contributed by atoms with Crippen LogP contribution in [0.25, 0.3) is 0 Å². The van der Waals surface area contributed by atoms with Gasteiger partial charge >= 0.3 is 0 Å². The Balaban J connectivity index is 3.50. The number of carbonyl (C=O) groups is 1. The van der Waals surface area contributed by atoms with Gasteiger partial charge in [0.1, 0.15) is 6.07 Å². The summed E-state index contributed by atoms with van der Waals surface area (Å²) in [7, 11) is 0. The molecule has 13 heavy (non-hydrogen) atoms. The first kappa shape index (κ1) is 10.2. The quantitative estimate of drug-likeness (QED) is 0.588. The van der Waals surface area contributed by atoms with Crippen LogP contribution in [0.5, 0.6) is 0 Å². The van der Waals surface area contributed by atoms with Crippen molar-refractivity contribution in [3.8, 4) is 6.07 Å². The highest BCUT2D eigenvalue weighted by Gasteiger charge is 2.10. The van der Waals surface area contributed by atoms with Gasteiger partial charge in [-0.3, -0.25) is 4.79 Å². The molecule has 0 atom stereocenters. The van der Waals surface area contributed by atoms with Crippen molar-refractivity contribution in [1.29, 1.82) is 5.26 Å². The molecule has 0 fully saturated rings. The summed E-state index contributed by atoms with van der Waals surface area (Å²) >= 11 is 2.14. The summed E-state index contributed by atoms with van der Waals surface area (Å²) in [4.78, 5) is 11.2. The molecule has 1 aromatic carbocycles. The molecule has 0 radical (unpaired) electrons. The van der Waals surface area contributed by atoms with E-state index in [1.54, 1.807) is 6.07 Å². The monoisotopic (exact) mass is 285 g/mol. The molecule has 66 valence electrons. The molecule has 0 spiro atoms. The van der Waals surface area contributed by atoms with E-state index in [4.69, 9.17) is 5.26 Å². The van der Waals surface area contributed by atoms with Gasteiger partial charge in [0, 0.05) is 9.13 Å². The van der Waals surface area contributed by atoms with Gasteiger partial charge in [-0.05, 0) is 54.1 Å². The van der Waals surface area contributed by atoms with Gasteiger partial charge in [0.2, 0.25) is 0 Å². The van der Waals surface area contributed by atoms with Crippen molar-refractivity contribution in [2.45, 2.75) is 13.8 Å². The summed E-state index contributed by atoms with van der Waals surface area (Å²) in [6.07, 6.45) is 0. The van der Waals surface area contributed by atoms with E-state index >= 15 is 0 Å². The first-order valence-electron chi connectivity index (χ1n) is 3.77. The zero-order chi connectivity index (χ0) is 10.0. The number of Topliss-reactive ketones (excluding diaryl/α,β-unsaturated/α-hetero) is 1. The SMILES string of the molecule is CC(=O)c1cc(I)cc(C)c1C#N. The number of ketones is 1. The van der Waals surface area contributed by atoms with E-state index in [2.05, 4.69) is 22.6 Å². The molecule has 1 rings (SSSR count). The summed E-state index contributed by atoms with van der Waals surface area (Å²) in [6.45, 7) is 3.32. The van der Waals surface area contributed by atoms with E-state index in [-0.39, 0.29) is 5.78 Å². The van der Waals surface area contributed by atoms with E-state index in [9.17, 15) is 4.79 Å². The third-order valence-corrected chi connectivity index (χ3v) is 2.41. The largest absolute Gasteiger partial charge is 0.294 e. The Labute approximate surface area is 90.7 Å². The molecule has 0 saturated heterocycles. The lowest BCUT2D eigenvalue weighted by atomic mass is 10.0. The fraction of sp³-hybridized carbons (Fsp3) is 0.200. The van der Waals surface area contributed by atoms with E-state index in [0.29, 0.717) is 11.1 Å². The predicted molar refractivity (Wildman–Crippen MR) is 58.6 cm³/mol. The highest BCUT2D eigenvalue weighted by atomic mass is 127. The molecule has 0 bridgehead atoms. The maximum atomic E-state index is 11.2. The number of rotatable bonds is 1. The smallest absolute Gasteiger partial charge is 0.161 e. The highest BCUT2D eigenvalue weighted by Crippen LogP contribution is 2.18. The van der Waals surface area contributed by atoms with Crippen molar-refractivity contribution in [2.24, 2.45) is 0 Å². The molecule has 0 saturated carbocycles. The molecule has 0 heterocycles. The number of nitrogens with zero attached hydrogens (tertiary/aromatic N) is 1. The number of nitriles is 1. The van der Waals surface area contributed by atoms with Crippen LogP contribution in [0.3, 0.4) is 0 Å². The van der Waals surface area contributed by atoms with Crippen LogP contribution in [0, 0.1) is 21.8 Å². The van der Waals surface area contributed by atoms with Crippen molar-refractivity contribution >= 4 is 28.4 Å². The van der Waals surface area contributed by atoms with Gasteiger partial charge in [-0.15, -0.1) is 0 Å². The van der Waals surface area contributed by atoms with E-state index in [1.807, 2.05) is 19.1 Å². The van der Waals surface area contributed by atoms with Gasteiger partial charge in [0.25, 0.3) is 0 Å². The van der Waals surface area contributed by atoms with E-state index in [0.717, 1.165) is 9.13 Å². The van der Waals surface area contributed by atoms with Gasteiger partial charge in [-0.2, -0.15) is 5.26 Å². The molecular formula is C10H8INO. The Morgan fingerprint density at radius 1 is 1.54 bits per heavy atom. The lowest BCUT2D eigenvalue weighted by Crippen LogP contribution is -1.99. The minimum absolute atomic E-state index is 0.0573. The van der Waals surface area contributed by atoms with Crippen LogP contribution in [-0.4, -0.2) is 5.78 Å². The van der Waals surface area contributed by atoms with Gasteiger partial charge in [-0.1, -0.05) is 0 Å². The van der Waals surface area contributed by atoms with E-state index < -0.39 is 0 Å². The van der Waals surface area contributed by atoms with Crippen LogP contribution in [0.1, 0.15) is 28.4 Å². The molecule has 0 amide bonds. The van der Waals surface area contributed by atoms with Gasteiger partial charge < -0.3 is 0 Å². The Kier molecular flexibility index (Phi) is 3.04. The van der Waals surface area contributed by atoms with Gasteiger partial charge in [0.15, 0.2) is 5.78 Å². The number of carbonyl (C=O) groups excluding carboxylic acids is 1. The number of aryl methyl sites for hydroxylation is 1. The van der Waals surface area contributed by atoms with Crippen molar-refractivity contribution in [2.75, 3.05) is 0 Å². The Bertz CT molecular complexity index is 404. The summed E-state index contributed by atoms with van der Waals surface area (Å²) in [6, 6.07) is 5.69. The molecule has 0 aromatic heterocycles. The van der Waals surface area contributed by atoms with Crippen LogP contribution < -0.4 is 0 Å². The van der Waals surface area contributed by atoms with Crippen molar-refractivity contribution in [1.82, 2.24) is 0 Å². The summed E-state index contributed by atoms with van der Waals surface area (Å²) in [5, 5.41) is 8.83. The van der Waals surface area contributed by atoms with E-state index in [1.165, 1.54) is 6.92 Å². The minimum atomic E-state index is -0.0573. The second-order valence-electron chi connectivity index (χ2n) is 2.81. The van der Waals surface area contributed by atoms with Gasteiger partial charge in [0.05, 0.1) is 5.56 Å². The van der Waals surface area contributed by atoms with Crippen LogP contribution in [0.15, 0.2) is 12.1 Å². The second kappa shape index (κ2) is 3.88. The summed E-state index contributed by atoms with van der Waals surface area (Å²) in [5.41, 5.74) is 1.87. The van der Waals surface area contributed by atoms with Crippen LogP contribution in [0.2, 0.25) is 0 Å². The number of hydrogen-bond acceptors (Lipinski definition) is 2. The average molecular weight is 285 g/mol. The Hall–Kier alpha value is -0.890. The van der Waals surface area contributed by atoms with Crippen molar-refractivity contribution < 1.29 is 4.79 Å². The van der Waals surface area contributed by atoms with Crippen LogP contribution in [-0.2, 0) is 0 Å². The molecule has 3 heteroatoms. The lowest BCUT2D eigenvalue weighted by molar-refractivity contribution is 0.101. The minimum Gasteiger partial charge on any atom is -0.294 e. The first-order chi connectivity index (χ1) is 6.06. The van der Waals surface area contributed by atoms with Crippen molar-refractivity contribution in [3.63, 3.8) is 0 Å². The molecular weight excluding hydrogens is 277 g/mol. The van der Waals surface area contributed by atoms with Gasteiger partial charge in [-0.25, -0.2) is 0 Å². The fourth-order valence-corrected chi connectivity index (χ4v) is 1.95. The Morgan fingerprint density at radius 2 is 2.15 bits per heavy atom. The molecule has 0 aliphatic heterocycles. The Morgan fingerprint density at radius 3 is 2.62 bits per heavy atom. The number of halogens is 1. The number of hydrogen-bond donors (Lipinski definition) is 0. The predicted octanol–water partition coefficient (Wildman–Crippen LogP) is 2.67. The molecule has 0 unspecified atom stereocenters. The highest BCUT2D eigenvalue weighted by molar-refractivity contribution is 14.1.